The number of rotatable bonds is 3. The van der Waals surface area contributed by atoms with Crippen LogP contribution in [0.1, 0.15) is 12.7 Å². The van der Waals surface area contributed by atoms with Crippen molar-refractivity contribution in [1.29, 1.82) is 0 Å². The van der Waals surface area contributed by atoms with E-state index in [9.17, 15) is 4.79 Å². The van der Waals surface area contributed by atoms with Crippen LogP contribution in [0.2, 0.25) is 0 Å². The summed E-state index contributed by atoms with van der Waals surface area (Å²) in [4.78, 5) is 27.8. The minimum atomic E-state index is -0.0433. The second-order valence-corrected chi connectivity index (χ2v) is 5.59. The molecule has 3 aromatic rings. The quantitative estimate of drug-likeness (QED) is 0.538. The largest absolute Gasteiger partial charge is 0.356 e. The first-order valence-electron chi connectivity index (χ1n) is 7.72. The summed E-state index contributed by atoms with van der Waals surface area (Å²) in [6.07, 6.45) is 5.92. The van der Waals surface area contributed by atoms with Crippen molar-refractivity contribution in [2.75, 3.05) is 11.9 Å². The Morgan fingerprint density at radius 1 is 1.25 bits per heavy atom. The lowest BCUT2D eigenvalue weighted by molar-refractivity contribution is -0.118. The number of aromatic amines is 1. The number of carbonyl (C=O) groups excluding carboxylic acids is 1. The number of carbonyl (C=O) groups is 1. The zero-order chi connectivity index (χ0) is 16.5. The number of pyridine rings is 2. The molecule has 120 valence electrons. The molecule has 0 fully saturated rings. The lowest BCUT2D eigenvalue weighted by Crippen LogP contribution is -2.22. The third-order valence-electron chi connectivity index (χ3n) is 3.89. The Morgan fingerprint density at radius 3 is 3.04 bits per heavy atom. The molecule has 0 spiro atoms. The Kier molecular flexibility index (Phi) is 3.45. The van der Waals surface area contributed by atoms with E-state index in [2.05, 4.69) is 25.6 Å². The Morgan fingerprint density at radius 2 is 2.17 bits per heavy atom. The minimum absolute atomic E-state index is 0.0433. The van der Waals surface area contributed by atoms with Gasteiger partial charge in [0.1, 0.15) is 17.3 Å². The summed E-state index contributed by atoms with van der Waals surface area (Å²) >= 11 is 0. The lowest BCUT2D eigenvalue weighted by Gasteiger charge is -2.07. The molecule has 0 saturated carbocycles. The molecule has 4 heterocycles. The van der Waals surface area contributed by atoms with Crippen molar-refractivity contribution >= 4 is 17.4 Å². The second-order valence-electron chi connectivity index (χ2n) is 5.59. The molecule has 3 aromatic heterocycles. The van der Waals surface area contributed by atoms with Crippen LogP contribution in [0.15, 0.2) is 36.8 Å². The van der Waals surface area contributed by atoms with Gasteiger partial charge >= 0.3 is 0 Å². The van der Waals surface area contributed by atoms with Crippen LogP contribution in [0.4, 0.5) is 11.5 Å². The van der Waals surface area contributed by atoms with E-state index in [1.54, 1.807) is 18.6 Å². The summed E-state index contributed by atoms with van der Waals surface area (Å²) in [5.74, 6) is 1.54. The number of nitrogens with zero attached hydrogens (tertiary/aromatic N) is 3. The number of fused-ring (bicyclic) bond motifs is 5. The third kappa shape index (κ3) is 2.50. The van der Waals surface area contributed by atoms with Gasteiger partial charge in [0, 0.05) is 43.4 Å². The Labute approximate surface area is 138 Å². The first-order valence-corrected chi connectivity index (χ1v) is 7.72. The molecule has 0 aromatic carbocycles. The number of nitrogens with one attached hydrogen (secondary N) is 3. The molecule has 0 saturated heterocycles. The van der Waals surface area contributed by atoms with Gasteiger partial charge in [-0.3, -0.25) is 9.78 Å². The molecule has 4 rings (SSSR count). The fraction of sp³-hybridized carbons (Fsp3) is 0.176. The third-order valence-corrected chi connectivity index (χ3v) is 3.89. The SMILES string of the molecule is CC(=O)NCCc1nc2c([nH]1)-c1ccncc1Nc1ncccc1-2. The van der Waals surface area contributed by atoms with Crippen molar-refractivity contribution < 1.29 is 4.79 Å². The summed E-state index contributed by atoms with van der Waals surface area (Å²) in [6, 6.07) is 5.83. The molecule has 1 aliphatic rings. The Bertz CT molecular complexity index is 854. The average molecular weight is 320 g/mol. The van der Waals surface area contributed by atoms with Gasteiger partial charge in [0.25, 0.3) is 0 Å². The van der Waals surface area contributed by atoms with Crippen LogP contribution in [-0.2, 0) is 11.2 Å². The fourth-order valence-corrected chi connectivity index (χ4v) is 2.82. The highest BCUT2D eigenvalue weighted by Crippen LogP contribution is 2.41. The number of aromatic nitrogens is 4. The highest BCUT2D eigenvalue weighted by molar-refractivity contribution is 5.94. The van der Waals surface area contributed by atoms with Crippen LogP contribution in [0.5, 0.6) is 0 Å². The number of hydrogen-bond donors (Lipinski definition) is 3. The molecule has 3 N–H and O–H groups in total. The van der Waals surface area contributed by atoms with Crippen molar-refractivity contribution in [3.63, 3.8) is 0 Å². The maximum absolute atomic E-state index is 11.0. The van der Waals surface area contributed by atoms with E-state index in [4.69, 9.17) is 4.98 Å². The smallest absolute Gasteiger partial charge is 0.216 e. The maximum Gasteiger partial charge on any atom is 0.216 e. The van der Waals surface area contributed by atoms with Gasteiger partial charge in [-0.1, -0.05) is 0 Å². The molecular formula is C17H16N6O. The molecule has 1 amide bonds. The predicted molar refractivity (Wildman–Crippen MR) is 90.7 cm³/mol. The zero-order valence-electron chi connectivity index (χ0n) is 13.1. The summed E-state index contributed by atoms with van der Waals surface area (Å²) in [5, 5.41) is 6.11. The number of H-pyrrole nitrogens is 1. The normalized spacial score (nSPS) is 11.5. The molecule has 7 nitrogen and oxygen atoms in total. The summed E-state index contributed by atoms with van der Waals surface area (Å²) in [7, 11) is 0. The Balaban J connectivity index is 1.81. The second kappa shape index (κ2) is 5.77. The van der Waals surface area contributed by atoms with E-state index >= 15 is 0 Å². The molecule has 1 aliphatic heterocycles. The summed E-state index contributed by atoms with van der Waals surface area (Å²) in [6.45, 7) is 2.05. The van der Waals surface area contributed by atoms with Crippen molar-refractivity contribution in [3.8, 4) is 22.5 Å². The average Bonchev–Trinajstić information content (AvgIpc) is 2.94. The van der Waals surface area contributed by atoms with Crippen LogP contribution in [-0.4, -0.2) is 32.4 Å². The van der Waals surface area contributed by atoms with Gasteiger partial charge in [-0.05, 0) is 18.2 Å². The van der Waals surface area contributed by atoms with E-state index in [0.717, 1.165) is 39.8 Å². The van der Waals surface area contributed by atoms with Gasteiger partial charge in [-0.25, -0.2) is 9.97 Å². The molecule has 0 aliphatic carbocycles. The van der Waals surface area contributed by atoms with Gasteiger partial charge in [-0.15, -0.1) is 0 Å². The monoisotopic (exact) mass is 320 g/mol. The van der Waals surface area contributed by atoms with Crippen LogP contribution in [0, 0.1) is 0 Å². The van der Waals surface area contributed by atoms with Crippen molar-refractivity contribution in [2.45, 2.75) is 13.3 Å². The molecule has 0 bridgehead atoms. The van der Waals surface area contributed by atoms with Gasteiger partial charge < -0.3 is 15.6 Å². The predicted octanol–water partition coefficient (Wildman–Crippen LogP) is 2.27. The van der Waals surface area contributed by atoms with Crippen LogP contribution in [0.25, 0.3) is 22.5 Å². The highest BCUT2D eigenvalue weighted by Gasteiger charge is 2.23. The van der Waals surface area contributed by atoms with Crippen molar-refractivity contribution in [1.82, 2.24) is 25.3 Å². The van der Waals surface area contributed by atoms with Gasteiger partial charge in [0.05, 0.1) is 17.6 Å². The first-order chi connectivity index (χ1) is 11.7. The van der Waals surface area contributed by atoms with Crippen LogP contribution in [0.3, 0.4) is 0 Å². The number of hydrogen-bond acceptors (Lipinski definition) is 5. The summed E-state index contributed by atoms with van der Waals surface area (Å²) in [5.41, 5.74) is 4.60. The molecule has 0 unspecified atom stereocenters. The van der Waals surface area contributed by atoms with E-state index in [-0.39, 0.29) is 5.91 Å². The van der Waals surface area contributed by atoms with Gasteiger partial charge in [0.15, 0.2) is 0 Å². The standard InChI is InChI=1S/C17H16N6O/c1-10(24)19-8-5-14-22-15-11-4-7-18-9-13(11)21-17-12(16(15)23-14)3-2-6-20-17/h2-4,6-7,9H,5,8H2,1H3,(H,19,24)(H,20,21)(H,22,23). The number of anilines is 2. The van der Waals surface area contributed by atoms with E-state index in [1.165, 1.54) is 6.92 Å². The fourth-order valence-electron chi connectivity index (χ4n) is 2.82. The molecule has 24 heavy (non-hydrogen) atoms. The Hall–Kier alpha value is -3.22. The van der Waals surface area contributed by atoms with Gasteiger partial charge in [-0.2, -0.15) is 0 Å². The number of imidazole rings is 1. The van der Waals surface area contributed by atoms with Crippen molar-refractivity contribution in [2.24, 2.45) is 0 Å². The molecule has 0 radical (unpaired) electrons. The lowest BCUT2D eigenvalue weighted by atomic mass is 10.1. The molecule has 0 atom stereocenters. The topological polar surface area (TPSA) is 95.6 Å². The van der Waals surface area contributed by atoms with Crippen LogP contribution >= 0.6 is 0 Å². The van der Waals surface area contributed by atoms with E-state index in [1.807, 2.05) is 18.2 Å². The van der Waals surface area contributed by atoms with Crippen LogP contribution < -0.4 is 10.6 Å². The maximum atomic E-state index is 11.0. The minimum Gasteiger partial charge on any atom is -0.356 e. The van der Waals surface area contributed by atoms with Gasteiger partial charge in [0.2, 0.25) is 5.91 Å². The van der Waals surface area contributed by atoms with E-state index in [0.29, 0.717) is 13.0 Å². The zero-order valence-corrected chi connectivity index (χ0v) is 13.1. The molecular weight excluding hydrogens is 304 g/mol. The molecule has 7 heteroatoms. The first kappa shape index (κ1) is 14.4. The highest BCUT2D eigenvalue weighted by atomic mass is 16.1. The summed E-state index contributed by atoms with van der Waals surface area (Å²) < 4.78 is 0. The number of amides is 1. The van der Waals surface area contributed by atoms with E-state index < -0.39 is 0 Å². The van der Waals surface area contributed by atoms with Crippen molar-refractivity contribution in [3.05, 3.63) is 42.6 Å².